The maximum absolute atomic E-state index is 13.8. The summed E-state index contributed by atoms with van der Waals surface area (Å²) in [6.07, 6.45) is -8.72. The standard InChI is InChI=1S/C22H28FN3O.2C2HF3O2/c1-25-11-12-26(20(16-25)13-17-7-3-2-4-8-17)22(27)15-19(24)14-18-9-5-6-10-21(18)23;2*3-2(4,5)1(6)7/h2-10,19-20H,11-16,24H2,1H3;2*(H,6,7)/t19-,20-;;/m1../s1. The zero-order valence-electron chi connectivity index (χ0n) is 21.8. The Morgan fingerprint density at radius 2 is 1.39 bits per heavy atom. The smallest absolute Gasteiger partial charge is 0.475 e. The molecule has 0 spiro atoms. The molecule has 8 nitrogen and oxygen atoms in total. The van der Waals surface area contributed by atoms with E-state index < -0.39 is 24.3 Å². The van der Waals surface area contributed by atoms with Gasteiger partial charge in [-0.05, 0) is 37.1 Å². The van der Waals surface area contributed by atoms with E-state index in [9.17, 15) is 35.5 Å². The van der Waals surface area contributed by atoms with Gasteiger partial charge in [-0.2, -0.15) is 26.3 Å². The van der Waals surface area contributed by atoms with Crippen LogP contribution in [0.15, 0.2) is 54.6 Å². The van der Waals surface area contributed by atoms with Gasteiger partial charge in [-0.25, -0.2) is 14.0 Å². The van der Waals surface area contributed by atoms with Gasteiger partial charge in [0.1, 0.15) is 5.82 Å². The van der Waals surface area contributed by atoms with E-state index in [-0.39, 0.29) is 30.2 Å². The molecule has 228 valence electrons. The number of carbonyl (C=O) groups excluding carboxylic acids is 1. The Hall–Kier alpha value is -3.72. The average Bonchev–Trinajstić information content (AvgIpc) is 2.85. The molecule has 0 bridgehead atoms. The number of carbonyl (C=O) groups is 3. The van der Waals surface area contributed by atoms with E-state index in [4.69, 9.17) is 25.5 Å². The van der Waals surface area contributed by atoms with E-state index in [1.807, 2.05) is 23.1 Å². The number of carboxylic acid groups (broad SMARTS) is 2. The third-order valence-corrected chi connectivity index (χ3v) is 5.68. The zero-order chi connectivity index (χ0) is 31.4. The molecule has 1 fully saturated rings. The lowest BCUT2D eigenvalue weighted by Crippen LogP contribution is -2.55. The maximum atomic E-state index is 13.8. The first-order valence-electron chi connectivity index (χ1n) is 12.0. The number of hydrogen-bond donors (Lipinski definition) is 3. The number of likely N-dealkylation sites (N-methyl/N-ethyl adjacent to an activating group) is 1. The highest BCUT2D eigenvalue weighted by Crippen LogP contribution is 2.18. The van der Waals surface area contributed by atoms with Crippen molar-refractivity contribution in [2.24, 2.45) is 5.73 Å². The molecule has 1 amide bonds. The minimum atomic E-state index is -5.08. The van der Waals surface area contributed by atoms with Crippen LogP contribution in [0.1, 0.15) is 17.5 Å². The van der Waals surface area contributed by atoms with Gasteiger partial charge >= 0.3 is 24.3 Å². The second kappa shape index (κ2) is 15.9. The normalized spacial score (nSPS) is 16.4. The van der Waals surface area contributed by atoms with Gasteiger partial charge in [0.25, 0.3) is 0 Å². The van der Waals surface area contributed by atoms with Crippen molar-refractivity contribution in [1.29, 1.82) is 0 Å². The van der Waals surface area contributed by atoms with Crippen LogP contribution < -0.4 is 5.73 Å². The molecule has 1 aliphatic heterocycles. The molecule has 1 aliphatic rings. The number of hydrogen-bond acceptors (Lipinski definition) is 5. The first-order chi connectivity index (χ1) is 18.9. The number of nitrogens with zero attached hydrogens (tertiary/aromatic N) is 2. The molecular formula is C26H30F7N3O5. The number of halogens is 7. The summed E-state index contributed by atoms with van der Waals surface area (Å²) in [5.41, 5.74) is 7.98. The van der Waals surface area contributed by atoms with Crippen LogP contribution in [0.3, 0.4) is 0 Å². The molecule has 2 aromatic carbocycles. The highest BCUT2D eigenvalue weighted by molar-refractivity contribution is 5.77. The lowest BCUT2D eigenvalue weighted by Gasteiger charge is -2.40. The molecule has 0 saturated carbocycles. The lowest BCUT2D eigenvalue weighted by molar-refractivity contribution is -0.193. The van der Waals surface area contributed by atoms with Crippen LogP contribution >= 0.6 is 0 Å². The second-order valence-corrected chi connectivity index (χ2v) is 9.06. The fourth-order valence-electron chi connectivity index (χ4n) is 3.76. The van der Waals surface area contributed by atoms with Crippen LogP contribution in [-0.2, 0) is 27.2 Å². The van der Waals surface area contributed by atoms with Crippen LogP contribution in [0.25, 0.3) is 0 Å². The number of rotatable bonds is 6. The first kappa shape index (κ1) is 35.3. The Bertz CT molecular complexity index is 1110. The van der Waals surface area contributed by atoms with Crippen molar-refractivity contribution in [3.05, 3.63) is 71.5 Å². The molecule has 4 N–H and O–H groups in total. The minimum absolute atomic E-state index is 0.0628. The molecule has 41 heavy (non-hydrogen) atoms. The molecule has 2 aromatic rings. The summed E-state index contributed by atoms with van der Waals surface area (Å²) in [6.45, 7) is 2.42. The van der Waals surface area contributed by atoms with Crippen molar-refractivity contribution in [3.8, 4) is 0 Å². The minimum Gasteiger partial charge on any atom is -0.475 e. The summed E-state index contributed by atoms with van der Waals surface area (Å²) in [7, 11) is 2.09. The molecule has 0 radical (unpaired) electrons. The van der Waals surface area contributed by atoms with Crippen LogP contribution in [0, 0.1) is 5.82 Å². The Balaban J connectivity index is 0.000000497. The van der Waals surface area contributed by atoms with Gasteiger partial charge in [0, 0.05) is 38.1 Å². The number of carboxylic acids is 2. The highest BCUT2D eigenvalue weighted by atomic mass is 19.4. The van der Waals surface area contributed by atoms with E-state index in [1.165, 1.54) is 11.6 Å². The summed E-state index contributed by atoms with van der Waals surface area (Å²) in [4.78, 5) is 34.9. The van der Waals surface area contributed by atoms with Crippen molar-refractivity contribution in [3.63, 3.8) is 0 Å². The molecule has 3 rings (SSSR count). The highest BCUT2D eigenvalue weighted by Gasteiger charge is 2.39. The van der Waals surface area contributed by atoms with Crippen LogP contribution in [-0.4, -0.2) is 89.0 Å². The summed E-state index contributed by atoms with van der Waals surface area (Å²) < 4.78 is 77.3. The third kappa shape index (κ3) is 13.5. The van der Waals surface area contributed by atoms with Crippen LogP contribution in [0.4, 0.5) is 30.7 Å². The Morgan fingerprint density at radius 3 is 1.88 bits per heavy atom. The van der Waals surface area contributed by atoms with Gasteiger partial charge in [0.15, 0.2) is 0 Å². The first-order valence-corrected chi connectivity index (χ1v) is 12.0. The number of nitrogens with two attached hydrogens (primary N) is 1. The van der Waals surface area contributed by atoms with Crippen molar-refractivity contribution < 1.29 is 55.3 Å². The van der Waals surface area contributed by atoms with E-state index in [1.54, 1.807) is 18.2 Å². The van der Waals surface area contributed by atoms with Gasteiger partial charge < -0.3 is 25.7 Å². The second-order valence-electron chi connectivity index (χ2n) is 9.06. The molecular weight excluding hydrogens is 567 g/mol. The van der Waals surface area contributed by atoms with Crippen molar-refractivity contribution in [1.82, 2.24) is 9.80 Å². The summed E-state index contributed by atoms with van der Waals surface area (Å²) >= 11 is 0. The Morgan fingerprint density at radius 1 is 0.902 bits per heavy atom. The quantitative estimate of drug-likeness (QED) is 0.434. The molecule has 15 heteroatoms. The van der Waals surface area contributed by atoms with Crippen molar-refractivity contribution in [2.75, 3.05) is 26.7 Å². The molecule has 0 aliphatic carbocycles. The zero-order valence-corrected chi connectivity index (χ0v) is 21.8. The van der Waals surface area contributed by atoms with Crippen molar-refractivity contribution in [2.45, 2.75) is 43.7 Å². The van der Waals surface area contributed by atoms with Crippen molar-refractivity contribution >= 4 is 17.8 Å². The summed E-state index contributed by atoms with van der Waals surface area (Å²) in [6, 6.07) is 16.6. The van der Waals surface area contributed by atoms with Gasteiger partial charge in [0.05, 0.1) is 0 Å². The van der Waals surface area contributed by atoms with E-state index >= 15 is 0 Å². The predicted octanol–water partition coefficient (Wildman–Crippen LogP) is 3.74. The lowest BCUT2D eigenvalue weighted by atomic mass is 9.99. The molecule has 1 heterocycles. The topological polar surface area (TPSA) is 124 Å². The van der Waals surface area contributed by atoms with Gasteiger partial charge in [-0.3, -0.25) is 4.79 Å². The average molecular weight is 598 g/mol. The summed E-state index contributed by atoms with van der Waals surface area (Å²) in [5.74, 6) is -5.71. The van der Waals surface area contributed by atoms with Crippen LogP contribution in [0.2, 0.25) is 0 Å². The molecule has 1 saturated heterocycles. The SMILES string of the molecule is CN1CCN(C(=O)C[C@H](N)Cc2ccccc2F)[C@H](Cc2ccccc2)C1.O=C(O)C(F)(F)F.O=C(O)C(F)(F)F. The Labute approximate surface area is 231 Å². The number of benzene rings is 2. The van der Waals surface area contributed by atoms with E-state index in [2.05, 4.69) is 24.1 Å². The number of alkyl halides is 6. The molecule has 2 atom stereocenters. The largest absolute Gasteiger partial charge is 0.490 e. The number of amides is 1. The fraction of sp³-hybridized carbons (Fsp3) is 0.423. The van der Waals surface area contributed by atoms with Gasteiger partial charge in [0.2, 0.25) is 5.91 Å². The van der Waals surface area contributed by atoms with E-state index in [0.29, 0.717) is 18.5 Å². The van der Waals surface area contributed by atoms with Gasteiger partial charge in [-0.1, -0.05) is 48.5 Å². The third-order valence-electron chi connectivity index (χ3n) is 5.68. The summed E-state index contributed by atoms with van der Waals surface area (Å²) in [5, 5.41) is 14.2. The van der Waals surface area contributed by atoms with Crippen LogP contribution in [0.5, 0.6) is 0 Å². The maximum Gasteiger partial charge on any atom is 0.490 e. The van der Waals surface area contributed by atoms with Gasteiger partial charge in [-0.15, -0.1) is 0 Å². The number of aliphatic carboxylic acids is 2. The monoisotopic (exact) mass is 597 g/mol. The number of piperazine rings is 1. The Kier molecular flexibility index (Phi) is 13.7. The molecule has 0 unspecified atom stereocenters. The predicted molar refractivity (Wildman–Crippen MR) is 133 cm³/mol. The van der Waals surface area contributed by atoms with E-state index in [0.717, 1.165) is 19.5 Å². The molecule has 0 aromatic heterocycles. The fourth-order valence-corrected chi connectivity index (χ4v) is 3.76.